The number of nitrogens with one attached hydrogen (secondary N) is 1. The number of anilines is 1. The van der Waals surface area contributed by atoms with E-state index in [4.69, 9.17) is 4.74 Å². The number of carbonyl (C=O) groups is 1. The highest BCUT2D eigenvalue weighted by molar-refractivity contribution is 7.92. The van der Waals surface area contributed by atoms with Crippen molar-refractivity contribution in [3.8, 4) is 5.75 Å². The van der Waals surface area contributed by atoms with E-state index in [1.807, 2.05) is 0 Å². The first kappa shape index (κ1) is 27.1. The Morgan fingerprint density at radius 1 is 1.06 bits per heavy atom. The average molecular weight is 522 g/mol. The van der Waals surface area contributed by atoms with Crippen LogP contribution in [0.1, 0.15) is 36.5 Å². The second-order valence-electron chi connectivity index (χ2n) is 8.72. The van der Waals surface area contributed by atoms with Gasteiger partial charge in [0.1, 0.15) is 11.7 Å². The van der Waals surface area contributed by atoms with Crippen LogP contribution in [0.3, 0.4) is 0 Å². The molecular formula is C26H26F3NO5S. The predicted molar refractivity (Wildman–Crippen MR) is 132 cm³/mol. The van der Waals surface area contributed by atoms with E-state index in [0.717, 1.165) is 11.6 Å². The summed E-state index contributed by atoms with van der Waals surface area (Å²) in [7, 11) is -4.19. The van der Waals surface area contributed by atoms with Gasteiger partial charge in [0.05, 0.1) is 16.7 Å². The molecule has 6 nitrogen and oxygen atoms in total. The summed E-state index contributed by atoms with van der Waals surface area (Å²) < 4.78 is 75.1. The maximum absolute atomic E-state index is 13.7. The van der Waals surface area contributed by atoms with Crippen molar-refractivity contribution in [3.63, 3.8) is 0 Å². The predicted octanol–water partition coefficient (Wildman–Crippen LogP) is 6.12. The SMILES string of the molecule is C=C(C(C(=O)OC(C)C)c1cc(NS(=O)(=O)c2ccc(C)cc2C)c2ccccc2c1O)C(F)(F)F. The first-order chi connectivity index (χ1) is 16.6. The maximum atomic E-state index is 13.7. The molecule has 3 aromatic carbocycles. The van der Waals surface area contributed by atoms with E-state index in [1.54, 1.807) is 32.0 Å². The van der Waals surface area contributed by atoms with E-state index in [9.17, 15) is 31.5 Å². The summed E-state index contributed by atoms with van der Waals surface area (Å²) in [6.45, 7) is 9.41. The van der Waals surface area contributed by atoms with Gasteiger partial charge in [-0.05, 0) is 45.4 Å². The highest BCUT2D eigenvalue weighted by atomic mass is 32.2. The number of hydrogen-bond acceptors (Lipinski definition) is 5. The first-order valence-electron chi connectivity index (χ1n) is 10.9. The zero-order valence-electron chi connectivity index (χ0n) is 20.1. The number of phenolic OH excluding ortho intramolecular Hbond substituents is 1. The summed E-state index contributed by atoms with van der Waals surface area (Å²) in [6, 6.07) is 11.7. The minimum atomic E-state index is -4.99. The van der Waals surface area contributed by atoms with Crippen molar-refractivity contribution in [2.45, 2.75) is 50.8 Å². The standard InChI is InChI=1S/C26H26F3NO5S/c1-14(2)35-25(32)23(17(5)26(27,28)29)20-13-21(18-8-6-7-9-19(18)24(20)31)30-36(33,34)22-11-10-15(3)12-16(22)4/h6-14,23,30-31H,5H2,1-4H3. The highest BCUT2D eigenvalue weighted by Gasteiger charge is 2.43. The van der Waals surface area contributed by atoms with Crippen LogP contribution in [0.15, 0.2) is 65.6 Å². The van der Waals surface area contributed by atoms with Gasteiger partial charge in [0.25, 0.3) is 10.0 Å². The largest absolute Gasteiger partial charge is 0.507 e. The number of fused-ring (bicyclic) bond motifs is 1. The van der Waals surface area contributed by atoms with Gasteiger partial charge < -0.3 is 9.84 Å². The molecule has 0 spiro atoms. The molecule has 0 amide bonds. The van der Waals surface area contributed by atoms with Gasteiger partial charge in [0.15, 0.2) is 0 Å². The molecule has 10 heteroatoms. The fourth-order valence-corrected chi connectivity index (χ4v) is 5.21. The Kier molecular flexibility index (Phi) is 7.40. The zero-order valence-corrected chi connectivity index (χ0v) is 20.9. The molecule has 0 aromatic heterocycles. The first-order valence-corrected chi connectivity index (χ1v) is 12.4. The number of carbonyl (C=O) groups excluding carboxylic acids is 1. The fraction of sp³-hybridized carbons (Fsp3) is 0.269. The summed E-state index contributed by atoms with van der Waals surface area (Å²) in [5, 5.41) is 11.2. The van der Waals surface area contributed by atoms with E-state index < -0.39 is 51.1 Å². The number of aryl methyl sites for hydroxylation is 2. The van der Waals surface area contributed by atoms with Crippen LogP contribution in [-0.2, 0) is 19.6 Å². The Morgan fingerprint density at radius 2 is 1.67 bits per heavy atom. The quantitative estimate of drug-likeness (QED) is 0.222. The third-order valence-electron chi connectivity index (χ3n) is 5.52. The summed E-state index contributed by atoms with van der Waals surface area (Å²) in [5.41, 5.74) is -0.742. The second kappa shape index (κ2) is 9.85. The third-order valence-corrected chi connectivity index (χ3v) is 7.05. The van der Waals surface area contributed by atoms with E-state index >= 15 is 0 Å². The van der Waals surface area contributed by atoms with Crippen LogP contribution in [0.4, 0.5) is 18.9 Å². The molecule has 3 aromatic rings. The van der Waals surface area contributed by atoms with Crippen molar-refractivity contribution in [3.05, 3.63) is 77.4 Å². The van der Waals surface area contributed by atoms with E-state index in [0.29, 0.717) is 5.56 Å². The number of ether oxygens (including phenoxy) is 1. The van der Waals surface area contributed by atoms with Crippen LogP contribution in [-0.4, -0.2) is 31.8 Å². The van der Waals surface area contributed by atoms with E-state index in [-0.39, 0.29) is 21.4 Å². The number of aromatic hydroxyl groups is 1. The molecular weight excluding hydrogens is 495 g/mol. The second-order valence-corrected chi connectivity index (χ2v) is 10.4. The molecule has 0 saturated carbocycles. The number of sulfonamides is 1. The Bertz CT molecular complexity index is 1450. The summed E-state index contributed by atoms with van der Waals surface area (Å²) in [5.74, 6) is -4.02. The van der Waals surface area contributed by atoms with Gasteiger partial charge in [-0.2, -0.15) is 13.2 Å². The van der Waals surface area contributed by atoms with Gasteiger partial charge in [-0.1, -0.05) is 48.5 Å². The lowest BCUT2D eigenvalue weighted by atomic mass is 9.88. The van der Waals surface area contributed by atoms with E-state index in [1.165, 1.54) is 38.1 Å². The number of benzene rings is 3. The summed E-state index contributed by atoms with van der Waals surface area (Å²) in [6.07, 6.45) is -5.73. The van der Waals surface area contributed by atoms with Crippen molar-refractivity contribution in [2.75, 3.05) is 4.72 Å². The molecule has 0 saturated heterocycles. The van der Waals surface area contributed by atoms with Crippen molar-refractivity contribution in [1.82, 2.24) is 0 Å². The van der Waals surface area contributed by atoms with E-state index in [2.05, 4.69) is 11.3 Å². The van der Waals surface area contributed by atoms with Gasteiger partial charge in [0.2, 0.25) is 0 Å². The monoisotopic (exact) mass is 521 g/mol. The lowest BCUT2D eigenvalue weighted by Crippen LogP contribution is -2.27. The number of phenols is 1. The molecule has 3 rings (SSSR count). The van der Waals surface area contributed by atoms with Crippen LogP contribution < -0.4 is 4.72 Å². The topological polar surface area (TPSA) is 92.7 Å². The van der Waals surface area contributed by atoms with Crippen molar-refractivity contribution in [1.29, 1.82) is 0 Å². The Labute approximate surface area is 207 Å². The molecule has 0 bridgehead atoms. The van der Waals surface area contributed by atoms with Crippen molar-refractivity contribution in [2.24, 2.45) is 0 Å². The van der Waals surface area contributed by atoms with Crippen LogP contribution in [0.2, 0.25) is 0 Å². The smallest absolute Gasteiger partial charge is 0.413 e. The van der Waals surface area contributed by atoms with Crippen LogP contribution in [0, 0.1) is 13.8 Å². The normalized spacial score (nSPS) is 13.0. The van der Waals surface area contributed by atoms with Gasteiger partial charge in [-0.3, -0.25) is 9.52 Å². The molecule has 1 atom stereocenters. The third kappa shape index (κ3) is 5.48. The molecule has 1 unspecified atom stereocenters. The Morgan fingerprint density at radius 3 is 2.22 bits per heavy atom. The Hall–Kier alpha value is -3.53. The Balaban J connectivity index is 2.26. The minimum Gasteiger partial charge on any atom is -0.507 e. The zero-order chi connectivity index (χ0) is 27.0. The number of alkyl halides is 3. The molecule has 0 aliphatic heterocycles. The highest BCUT2D eigenvalue weighted by Crippen LogP contribution is 2.45. The average Bonchev–Trinajstić information content (AvgIpc) is 2.75. The summed E-state index contributed by atoms with van der Waals surface area (Å²) in [4.78, 5) is 12.8. The molecule has 0 aliphatic rings. The van der Waals surface area contributed by atoms with Crippen LogP contribution in [0.25, 0.3) is 10.8 Å². The summed E-state index contributed by atoms with van der Waals surface area (Å²) >= 11 is 0. The lowest BCUT2D eigenvalue weighted by Gasteiger charge is -2.24. The maximum Gasteiger partial charge on any atom is 0.413 e. The van der Waals surface area contributed by atoms with Crippen molar-refractivity contribution >= 4 is 32.5 Å². The molecule has 36 heavy (non-hydrogen) atoms. The number of halogens is 3. The van der Waals surface area contributed by atoms with Crippen LogP contribution >= 0.6 is 0 Å². The number of hydrogen-bond donors (Lipinski definition) is 2. The number of rotatable bonds is 7. The lowest BCUT2D eigenvalue weighted by molar-refractivity contribution is -0.152. The van der Waals surface area contributed by atoms with Gasteiger partial charge >= 0.3 is 12.1 Å². The number of esters is 1. The molecule has 0 aliphatic carbocycles. The fourth-order valence-electron chi connectivity index (χ4n) is 3.91. The molecule has 0 heterocycles. The molecule has 192 valence electrons. The molecule has 0 fully saturated rings. The molecule has 0 radical (unpaired) electrons. The molecule has 2 N–H and O–H groups in total. The van der Waals surface area contributed by atoms with Gasteiger partial charge in [-0.25, -0.2) is 8.42 Å². The van der Waals surface area contributed by atoms with Crippen molar-refractivity contribution < 1.29 is 36.2 Å². The van der Waals surface area contributed by atoms with Gasteiger partial charge in [0, 0.05) is 21.9 Å². The van der Waals surface area contributed by atoms with Crippen LogP contribution in [0.5, 0.6) is 5.75 Å². The van der Waals surface area contributed by atoms with Gasteiger partial charge in [-0.15, -0.1) is 0 Å². The minimum absolute atomic E-state index is 0.0257.